The molecule has 0 aromatic heterocycles. The molecule has 3 aliphatic rings. The van der Waals surface area contributed by atoms with Crippen LogP contribution in [0.25, 0.3) is 0 Å². The summed E-state index contributed by atoms with van der Waals surface area (Å²) in [5, 5.41) is 13.3. The van der Waals surface area contributed by atoms with Crippen LogP contribution >= 0.6 is 0 Å². The Balaban J connectivity index is 1.33. The molecule has 3 fully saturated rings. The zero-order chi connectivity index (χ0) is 25.5. The highest BCUT2D eigenvalue weighted by molar-refractivity contribution is 7.89. The summed E-state index contributed by atoms with van der Waals surface area (Å²) < 4.78 is 45.7. The molecule has 1 aromatic carbocycles. The molecule has 0 bridgehead atoms. The van der Waals surface area contributed by atoms with E-state index < -0.39 is 28.3 Å². The van der Waals surface area contributed by atoms with Crippen molar-refractivity contribution in [2.45, 2.75) is 61.9 Å². The number of carbonyl (C=O) groups is 1. The second kappa shape index (κ2) is 12.8. The van der Waals surface area contributed by atoms with E-state index in [1.165, 1.54) is 4.31 Å². The summed E-state index contributed by atoms with van der Waals surface area (Å²) in [6.45, 7) is 6.92. The first-order chi connectivity index (χ1) is 17.3. The molecule has 3 heterocycles. The third kappa shape index (κ3) is 7.25. The largest absolute Gasteiger partial charge is 0.389 e. The van der Waals surface area contributed by atoms with Crippen molar-refractivity contribution < 1.29 is 32.5 Å². The zero-order valence-corrected chi connectivity index (χ0v) is 21.8. The first-order valence-corrected chi connectivity index (χ1v) is 14.3. The number of aliphatic hydroxyl groups is 1. The smallest absolute Gasteiger partial charge is 0.243 e. The molecular weight excluding hydrogens is 486 g/mol. The zero-order valence-electron chi connectivity index (χ0n) is 21.0. The van der Waals surface area contributed by atoms with Crippen LogP contribution in [-0.4, -0.2) is 112 Å². The van der Waals surface area contributed by atoms with Crippen molar-refractivity contribution in [2.75, 3.05) is 59.2 Å². The van der Waals surface area contributed by atoms with E-state index in [0.717, 1.165) is 44.8 Å². The summed E-state index contributed by atoms with van der Waals surface area (Å²) in [6.07, 6.45) is 0.454. The third-order valence-corrected chi connectivity index (χ3v) is 8.91. The molecule has 0 saturated carbocycles. The van der Waals surface area contributed by atoms with Crippen LogP contribution in [0.5, 0.6) is 0 Å². The Kier molecular flexibility index (Phi) is 9.73. The molecule has 10 nitrogen and oxygen atoms in total. The van der Waals surface area contributed by atoms with Crippen molar-refractivity contribution in [2.24, 2.45) is 0 Å². The van der Waals surface area contributed by atoms with Crippen molar-refractivity contribution >= 4 is 15.9 Å². The predicted molar refractivity (Wildman–Crippen MR) is 133 cm³/mol. The van der Waals surface area contributed by atoms with Crippen LogP contribution < -0.4 is 5.32 Å². The number of rotatable bonds is 8. The van der Waals surface area contributed by atoms with Gasteiger partial charge in [0.15, 0.2) is 0 Å². The molecule has 3 aliphatic heterocycles. The Labute approximate surface area is 213 Å². The average molecular weight is 526 g/mol. The second-order valence-electron chi connectivity index (χ2n) is 9.89. The number of nitrogens with zero attached hydrogens (tertiary/aromatic N) is 2. The van der Waals surface area contributed by atoms with Gasteiger partial charge in [-0.1, -0.05) is 12.1 Å². The van der Waals surface area contributed by atoms with Gasteiger partial charge in [0, 0.05) is 26.2 Å². The number of sulfonamides is 1. The van der Waals surface area contributed by atoms with E-state index in [1.807, 2.05) is 13.0 Å². The van der Waals surface area contributed by atoms with Crippen molar-refractivity contribution in [1.82, 2.24) is 14.5 Å². The van der Waals surface area contributed by atoms with Crippen LogP contribution in [0.3, 0.4) is 0 Å². The number of amides is 1. The number of ether oxygens (including phenoxy) is 3. The van der Waals surface area contributed by atoms with E-state index in [2.05, 4.69) is 10.2 Å². The van der Waals surface area contributed by atoms with E-state index in [1.54, 1.807) is 18.2 Å². The number of morpholine rings is 1. The highest BCUT2D eigenvalue weighted by Crippen LogP contribution is 2.31. The lowest BCUT2D eigenvalue weighted by Gasteiger charge is -2.43. The first kappa shape index (κ1) is 27.4. The SMILES string of the molecule is Cc1cccc(S(=O)(=O)N2C[C@@H](O)COC[C@H]3O[C@H](CC(=O)NCCCN4CCOCC4)CC[C@@H]32)c1. The van der Waals surface area contributed by atoms with Crippen LogP contribution in [0.4, 0.5) is 0 Å². The van der Waals surface area contributed by atoms with Gasteiger partial charge in [-0.15, -0.1) is 0 Å². The minimum atomic E-state index is -3.85. The molecule has 2 N–H and O–H groups in total. The van der Waals surface area contributed by atoms with Gasteiger partial charge in [-0.2, -0.15) is 4.31 Å². The highest BCUT2D eigenvalue weighted by atomic mass is 32.2. The fourth-order valence-corrected chi connectivity index (χ4v) is 6.94. The topological polar surface area (TPSA) is 118 Å². The first-order valence-electron chi connectivity index (χ1n) is 12.9. The Bertz CT molecular complexity index is 970. The van der Waals surface area contributed by atoms with Crippen LogP contribution in [0.2, 0.25) is 0 Å². The number of aryl methyl sites for hydroxylation is 1. The number of carbonyl (C=O) groups excluding carboxylic acids is 1. The lowest BCUT2D eigenvalue weighted by molar-refractivity contribution is -0.146. The van der Waals surface area contributed by atoms with Gasteiger partial charge in [-0.05, 0) is 50.4 Å². The Hall–Kier alpha value is -1.60. The monoisotopic (exact) mass is 525 g/mol. The van der Waals surface area contributed by atoms with Crippen molar-refractivity contribution in [3.8, 4) is 0 Å². The molecule has 0 unspecified atom stereocenters. The predicted octanol–water partition coefficient (Wildman–Crippen LogP) is 0.522. The van der Waals surface area contributed by atoms with Crippen LogP contribution in [0, 0.1) is 6.92 Å². The number of nitrogens with one attached hydrogen (secondary N) is 1. The van der Waals surface area contributed by atoms with Gasteiger partial charge in [-0.3, -0.25) is 9.69 Å². The molecule has 36 heavy (non-hydrogen) atoms. The summed E-state index contributed by atoms with van der Waals surface area (Å²) >= 11 is 0. The molecule has 4 rings (SSSR count). The molecule has 11 heteroatoms. The van der Waals surface area contributed by atoms with Crippen molar-refractivity contribution in [3.63, 3.8) is 0 Å². The standard InChI is InChI=1S/C25H39N3O7S/c1-19-4-2-5-22(14-19)36(31,32)28-16-20(29)17-34-18-24-23(28)7-6-21(35-24)15-25(30)26-8-3-9-27-10-12-33-13-11-27/h2,4-5,14,20-21,23-24,29H,3,6-13,15-18H2,1H3,(H,26,30)/t20-,21+,23+,24-/m1/s1. The second-order valence-corrected chi connectivity index (χ2v) is 11.8. The number of aliphatic hydroxyl groups excluding tert-OH is 1. The van der Waals surface area contributed by atoms with Gasteiger partial charge >= 0.3 is 0 Å². The van der Waals surface area contributed by atoms with E-state index in [4.69, 9.17) is 14.2 Å². The van der Waals surface area contributed by atoms with E-state index >= 15 is 0 Å². The Morgan fingerprint density at radius 3 is 2.75 bits per heavy atom. The lowest BCUT2D eigenvalue weighted by Crippen LogP contribution is -2.57. The van der Waals surface area contributed by atoms with Gasteiger partial charge in [0.2, 0.25) is 15.9 Å². The molecule has 1 amide bonds. The van der Waals surface area contributed by atoms with Gasteiger partial charge in [0.05, 0.1) is 62.1 Å². The van der Waals surface area contributed by atoms with Crippen LogP contribution in [-0.2, 0) is 29.0 Å². The van der Waals surface area contributed by atoms with E-state index in [9.17, 15) is 18.3 Å². The van der Waals surface area contributed by atoms with E-state index in [-0.39, 0.29) is 43.1 Å². The summed E-state index contributed by atoms with van der Waals surface area (Å²) in [5.74, 6) is -0.0631. The van der Waals surface area contributed by atoms with Crippen LogP contribution in [0.15, 0.2) is 29.2 Å². The van der Waals surface area contributed by atoms with Crippen molar-refractivity contribution in [1.29, 1.82) is 0 Å². The fraction of sp³-hybridized carbons (Fsp3) is 0.720. The normalized spacial score (nSPS) is 28.6. The van der Waals surface area contributed by atoms with Gasteiger partial charge in [-0.25, -0.2) is 8.42 Å². The third-order valence-electron chi connectivity index (χ3n) is 7.02. The highest BCUT2D eigenvalue weighted by Gasteiger charge is 2.43. The molecule has 202 valence electrons. The Morgan fingerprint density at radius 1 is 1.17 bits per heavy atom. The molecule has 0 spiro atoms. The number of hydrogen-bond acceptors (Lipinski definition) is 8. The number of benzene rings is 1. The number of fused-ring (bicyclic) bond motifs is 1. The summed E-state index contributed by atoms with van der Waals surface area (Å²) in [4.78, 5) is 15.1. The lowest BCUT2D eigenvalue weighted by atomic mass is 9.96. The minimum absolute atomic E-state index is 0.0285. The average Bonchev–Trinajstić information content (AvgIpc) is 2.85. The summed E-state index contributed by atoms with van der Waals surface area (Å²) in [6, 6.07) is 6.31. The van der Waals surface area contributed by atoms with E-state index in [0.29, 0.717) is 19.4 Å². The molecule has 3 saturated heterocycles. The maximum atomic E-state index is 13.6. The van der Waals surface area contributed by atoms with Crippen LogP contribution in [0.1, 0.15) is 31.2 Å². The molecule has 1 aromatic rings. The molecule has 4 atom stereocenters. The molecule has 0 radical (unpaired) electrons. The maximum absolute atomic E-state index is 13.6. The Morgan fingerprint density at radius 2 is 1.97 bits per heavy atom. The summed E-state index contributed by atoms with van der Waals surface area (Å²) in [7, 11) is -3.85. The minimum Gasteiger partial charge on any atom is -0.389 e. The van der Waals surface area contributed by atoms with Crippen molar-refractivity contribution in [3.05, 3.63) is 29.8 Å². The molecule has 0 aliphatic carbocycles. The number of hydrogen-bond donors (Lipinski definition) is 2. The number of β-amino-alcohol motifs (C(OH)–C–C–N with tert-alkyl or cyclic N) is 1. The van der Waals surface area contributed by atoms with Gasteiger partial charge in [0.25, 0.3) is 0 Å². The van der Waals surface area contributed by atoms with Gasteiger partial charge < -0.3 is 24.6 Å². The maximum Gasteiger partial charge on any atom is 0.243 e. The fourth-order valence-electron chi connectivity index (χ4n) is 5.12. The van der Waals surface area contributed by atoms with Gasteiger partial charge in [0.1, 0.15) is 0 Å². The summed E-state index contributed by atoms with van der Waals surface area (Å²) in [5.41, 5.74) is 0.847. The quantitative estimate of drug-likeness (QED) is 0.472. The molecular formula is C25H39N3O7S.